The monoisotopic (exact) mass is 497 g/mol. The molecule has 4 atom stereocenters. The van der Waals surface area contributed by atoms with Crippen LogP contribution in [0.5, 0.6) is 0 Å². The third kappa shape index (κ3) is 11.1. The van der Waals surface area contributed by atoms with E-state index in [1.165, 1.54) is 0 Å². The zero-order valence-electron chi connectivity index (χ0n) is 24.2. The predicted molar refractivity (Wildman–Crippen MR) is 143 cm³/mol. The van der Waals surface area contributed by atoms with Crippen LogP contribution in [-0.2, 0) is 14.4 Å². The van der Waals surface area contributed by atoms with Crippen molar-refractivity contribution in [3.8, 4) is 0 Å². The van der Waals surface area contributed by atoms with Gasteiger partial charge in [0.05, 0.1) is 6.61 Å². The fourth-order valence-corrected chi connectivity index (χ4v) is 5.83. The lowest BCUT2D eigenvalue weighted by molar-refractivity contribution is -0.160. The number of alkyl carbamates (subject to hydrolysis) is 1. The highest BCUT2D eigenvalue weighted by Gasteiger charge is 2.42. The number of amides is 2. The molecule has 0 bridgehead atoms. The van der Waals surface area contributed by atoms with E-state index in [0.717, 1.165) is 57.9 Å². The van der Waals surface area contributed by atoms with E-state index in [1.807, 2.05) is 32.9 Å². The molecular formula is C28H55N3O4. The van der Waals surface area contributed by atoms with Crippen molar-refractivity contribution in [2.75, 3.05) is 33.4 Å². The predicted octanol–water partition coefficient (Wildman–Crippen LogP) is 5.93. The maximum absolute atomic E-state index is 12.8. The van der Waals surface area contributed by atoms with Gasteiger partial charge in [-0.05, 0) is 56.3 Å². The lowest BCUT2D eigenvalue weighted by atomic mass is 9.62. The van der Waals surface area contributed by atoms with E-state index in [1.54, 1.807) is 0 Å². The van der Waals surface area contributed by atoms with Crippen molar-refractivity contribution in [2.45, 2.75) is 113 Å². The van der Waals surface area contributed by atoms with Crippen molar-refractivity contribution in [3.05, 3.63) is 0 Å². The fourth-order valence-electron chi connectivity index (χ4n) is 5.83. The highest BCUT2D eigenvalue weighted by Crippen LogP contribution is 2.46. The number of hydrogen-bond acceptors (Lipinski definition) is 5. The summed E-state index contributed by atoms with van der Waals surface area (Å²) >= 11 is 0. The molecule has 206 valence electrons. The number of carbonyl (C=O) groups is 2. The summed E-state index contributed by atoms with van der Waals surface area (Å²) in [6, 6.07) is 0.124. The summed E-state index contributed by atoms with van der Waals surface area (Å²) in [6.07, 6.45) is 7.39. The Hall–Kier alpha value is -1.34. The Morgan fingerprint density at radius 3 is 2.40 bits per heavy atom. The van der Waals surface area contributed by atoms with E-state index in [4.69, 9.17) is 9.57 Å². The number of unbranched alkanes of at least 4 members (excludes halogenated alkanes) is 1. The van der Waals surface area contributed by atoms with Crippen LogP contribution in [0, 0.1) is 22.2 Å². The number of rotatable bonds is 15. The van der Waals surface area contributed by atoms with Gasteiger partial charge in [0.25, 0.3) is 0 Å². The van der Waals surface area contributed by atoms with Crippen molar-refractivity contribution in [1.82, 2.24) is 15.7 Å². The number of hydrogen-bond donors (Lipinski definition) is 2. The highest BCUT2D eigenvalue weighted by atomic mass is 16.7. The summed E-state index contributed by atoms with van der Waals surface area (Å²) in [5.74, 6) is 0.151. The minimum atomic E-state index is -0.358. The third-order valence-corrected chi connectivity index (χ3v) is 7.74. The first-order valence-electron chi connectivity index (χ1n) is 13.9. The van der Waals surface area contributed by atoms with Gasteiger partial charge in [-0.2, -0.15) is 5.06 Å². The van der Waals surface area contributed by atoms with Gasteiger partial charge in [0.1, 0.15) is 6.61 Å². The maximum Gasteiger partial charge on any atom is 0.407 e. The van der Waals surface area contributed by atoms with Gasteiger partial charge in [0.15, 0.2) is 0 Å². The molecule has 1 aliphatic carbocycles. The van der Waals surface area contributed by atoms with Crippen molar-refractivity contribution in [2.24, 2.45) is 22.2 Å². The molecule has 4 unspecified atom stereocenters. The number of ether oxygens (including phenoxy) is 1. The van der Waals surface area contributed by atoms with Crippen molar-refractivity contribution in [1.29, 1.82) is 0 Å². The molecule has 35 heavy (non-hydrogen) atoms. The number of hydroxylamine groups is 2. The van der Waals surface area contributed by atoms with Crippen LogP contribution in [0.15, 0.2) is 0 Å². The van der Waals surface area contributed by atoms with E-state index >= 15 is 0 Å². The summed E-state index contributed by atoms with van der Waals surface area (Å²) in [6.45, 7) is 19.3. The van der Waals surface area contributed by atoms with Crippen LogP contribution in [0.4, 0.5) is 4.79 Å². The van der Waals surface area contributed by atoms with Gasteiger partial charge in [0.2, 0.25) is 5.91 Å². The Morgan fingerprint density at radius 1 is 1.14 bits per heavy atom. The smallest absolute Gasteiger partial charge is 0.407 e. The van der Waals surface area contributed by atoms with E-state index in [9.17, 15) is 9.59 Å². The largest absolute Gasteiger partial charge is 0.449 e. The number of carbonyl (C=O) groups excluding carboxylic acids is 2. The van der Waals surface area contributed by atoms with Gasteiger partial charge in [-0.3, -0.25) is 9.63 Å². The lowest BCUT2D eigenvalue weighted by Gasteiger charge is -2.47. The van der Waals surface area contributed by atoms with Gasteiger partial charge < -0.3 is 15.4 Å². The van der Waals surface area contributed by atoms with Crippen LogP contribution in [0.1, 0.15) is 107 Å². The number of nitrogens with one attached hydrogen (secondary N) is 2. The van der Waals surface area contributed by atoms with Crippen molar-refractivity contribution >= 4 is 12.0 Å². The van der Waals surface area contributed by atoms with Gasteiger partial charge in [-0.25, -0.2) is 4.79 Å². The van der Waals surface area contributed by atoms with E-state index in [-0.39, 0.29) is 40.2 Å². The van der Waals surface area contributed by atoms with Crippen LogP contribution >= 0.6 is 0 Å². The van der Waals surface area contributed by atoms with Gasteiger partial charge in [-0.15, -0.1) is 0 Å². The second-order valence-electron chi connectivity index (χ2n) is 12.2. The quantitative estimate of drug-likeness (QED) is 0.274. The summed E-state index contributed by atoms with van der Waals surface area (Å²) < 4.78 is 5.80. The fraction of sp³-hybridized carbons (Fsp3) is 0.929. The molecule has 0 aromatic rings. The van der Waals surface area contributed by atoms with Crippen LogP contribution in [0.25, 0.3) is 0 Å². The first-order chi connectivity index (χ1) is 16.3. The topological polar surface area (TPSA) is 79.9 Å². The van der Waals surface area contributed by atoms with Gasteiger partial charge in [0, 0.05) is 37.5 Å². The minimum Gasteiger partial charge on any atom is -0.449 e. The van der Waals surface area contributed by atoms with Crippen LogP contribution in [0.3, 0.4) is 0 Å². The zero-order valence-corrected chi connectivity index (χ0v) is 24.2. The van der Waals surface area contributed by atoms with Gasteiger partial charge in [-0.1, -0.05) is 61.3 Å². The van der Waals surface area contributed by atoms with Gasteiger partial charge >= 0.3 is 6.09 Å². The zero-order chi connectivity index (χ0) is 26.7. The second-order valence-corrected chi connectivity index (χ2v) is 12.2. The molecule has 0 radical (unpaired) electrons. The molecule has 1 rings (SSSR count). The van der Waals surface area contributed by atoms with Crippen LogP contribution in [0.2, 0.25) is 0 Å². The molecule has 0 aromatic carbocycles. The molecule has 0 aliphatic heterocycles. The molecule has 0 saturated heterocycles. The molecular weight excluding hydrogens is 442 g/mol. The SMILES string of the molecule is CCCCC(CC)(COC(=O)NCC1(C)CC(NC(=O)C(C)CC)CC(C)(C)C1)CN(C)OCC. The maximum atomic E-state index is 12.8. The Kier molecular flexibility index (Phi) is 13.0. The normalized spacial score (nSPS) is 24.5. The molecule has 7 nitrogen and oxygen atoms in total. The molecule has 1 fully saturated rings. The Labute approximate surface area is 215 Å². The summed E-state index contributed by atoms with van der Waals surface area (Å²) in [5, 5.41) is 8.19. The average Bonchev–Trinajstić information content (AvgIpc) is 2.77. The van der Waals surface area contributed by atoms with E-state index in [2.05, 4.69) is 45.3 Å². The second kappa shape index (κ2) is 14.4. The first kappa shape index (κ1) is 31.7. The Balaban J connectivity index is 2.74. The first-order valence-corrected chi connectivity index (χ1v) is 13.9. The molecule has 0 heterocycles. The van der Waals surface area contributed by atoms with Crippen molar-refractivity contribution in [3.63, 3.8) is 0 Å². The van der Waals surface area contributed by atoms with E-state index in [0.29, 0.717) is 19.8 Å². The summed E-state index contributed by atoms with van der Waals surface area (Å²) in [4.78, 5) is 30.9. The lowest BCUT2D eigenvalue weighted by Crippen LogP contribution is -2.51. The molecule has 0 spiro atoms. The standard InChI is InChI=1S/C28H55N3O4/c1-10-14-15-28(12-3,20-31(9)35-13-4)21-34-25(33)29-19-27(8)17-23(16-26(6,7)18-27)30-24(32)22(5)11-2/h22-23H,10-21H2,1-9H3,(H,29,33)(H,30,32). The van der Waals surface area contributed by atoms with Crippen LogP contribution < -0.4 is 10.6 Å². The molecule has 1 aliphatic rings. The Morgan fingerprint density at radius 2 is 1.83 bits per heavy atom. The third-order valence-electron chi connectivity index (χ3n) is 7.74. The Bertz CT molecular complexity index is 656. The van der Waals surface area contributed by atoms with Crippen LogP contribution in [-0.4, -0.2) is 56.5 Å². The van der Waals surface area contributed by atoms with Crippen molar-refractivity contribution < 1.29 is 19.2 Å². The molecule has 7 heteroatoms. The molecule has 1 saturated carbocycles. The summed E-state index contributed by atoms with van der Waals surface area (Å²) in [7, 11) is 1.95. The highest BCUT2D eigenvalue weighted by molar-refractivity contribution is 5.78. The minimum absolute atomic E-state index is 0.0210. The number of nitrogens with zero attached hydrogens (tertiary/aromatic N) is 1. The molecule has 0 aromatic heterocycles. The molecule has 2 N–H and O–H groups in total. The van der Waals surface area contributed by atoms with E-state index < -0.39 is 0 Å². The average molecular weight is 498 g/mol. The molecule has 2 amide bonds. The summed E-state index contributed by atoms with van der Waals surface area (Å²) in [5.41, 5.74) is -0.139.